The van der Waals surface area contributed by atoms with Crippen LogP contribution >= 0.6 is 11.6 Å². The molecule has 0 saturated carbocycles. The second-order valence-corrected chi connectivity index (χ2v) is 9.02. The second-order valence-electron chi connectivity index (χ2n) is 6.67. The van der Waals surface area contributed by atoms with Gasteiger partial charge in [-0.15, -0.1) is 0 Å². The molecule has 10 heteroatoms. The van der Waals surface area contributed by atoms with Crippen LogP contribution in [0.4, 0.5) is 0 Å². The molecule has 0 saturated heterocycles. The van der Waals surface area contributed by atoms with Crippen molar-refractivity contribution in [2.75, 3.05) is 26.2 Å². The van der Waals surface area contributed by atoms with Crippen molar-refractivity contribution in [2.45, 2.75) is 18.7 Å². The Kier molecular flexibility index (Phi) is 6.78. The van der Waals surface area contributed by atoms with Crippen LogP contribution in [0.2, 0.25) is 5.02 Å². The van der Waals surface area contributed by atoms with Crippen molar-refractivity contribution in [2.24, 2.45) is 0 Å². The summed E-state index contributed by atoms with van der Waals surface area (Å²) >= 11 is 6.07. The summed E-state index contributed by atoms with van der Waals surface area (Å²) in [6.07, 6.45) is 0. The quantitative estimate of drug-likeness (QED) is 0.440. The highest BCUT2D eigenvalue weighted by atomic mass is 35.5. The Morgan fingerprint density at radius 1 is 1.03 bits per heavy atom. The zero-order valence-electron chi connectivity index (χ0n) is 17.0. The van der Waals surface area contributed by atoms with Gasteiger partial charge in [0, 0.05) is 13.1 Å². The van der Waals surface area contributed by atoms with Crippen LogP contribution in [0.3, 0.4) is 0 Å². The summed E-state index contributed by atoms with van der Waals surface area (Å²) in [4.78, 5) is 38.1. The van der Waals surface area contributed by atoms with Crippen LogP contribution in [-0.2, 0) is 14.8 Å². The van der Waals surface area contributed by atoms with E-state index in [-0.39, 0.29) is 41.7 Å². The number of rotatable bonds is 8. The number of fused-ring (bicyclic) bond motifs is 1. The summed E-state index contributed by atoms with van der Waals surface area (Å²) in [5.74, 6) is -1.76. The van der Waals surface area contributed by atoms with Gasteiger partial charge in [-0.05, 0) is 30.3 Å². The minimum Gasteiger partial charge on any atom is -0.460 e. The molecule has 1 aliphatic rings. The third kappa shape index (κ3) is 4.34. The van der Waals surface area contributed by atoms with Crippen LogP contribution in [0.5, 0.6) is 0 Å². The Morgan fingerprint density at radius 2 is 1.61 bits per heavy atom. The summed E-state index contributed by atoms with van der Waals surface area (Å²) in [5, 5.41) is 0.0317. The van der Waals surface area contributed by atoms with Crippen molar-refractivity contribution < 1.29 is 27.5 Å². The average Bonchev–Trinajstić information content (AvgIpc) is 2.99. The lowest BCUT2D eigenvalue weighted by atomic mass is 10.1. The van der Waals surface area contributed by atoms with E-state index in [1.807, 2.05) is 0 Å². The van der Waals surface area contributed by atoms with Crippen LogP contribution in [0, 0.1) is 0 Å². The number of esters is 1. The van der Waals surface area contributed by atoms with E-state index in [2.05, 4.69) is 0 Å². The molecule has 0 N–H and O–H groups in total. The summed E-state index contributed by atoms with van der Waals surface area (Å²) < 4.78 is 31.8. The van der Waals surface area contributed by atoms with E-state index >= 15 is 0 Å². The summed E-state index contributed by atoms with van der Waals surface area (Å²) in [5.41, 5.74) is 0.490. The number of nitrogens with zero attached hydrogens (tertiary/aromatic N) is 2. The van der Waals surface area contributed by atoms with Crippen molar-refractivity contribution in [1.29, 1.82) is 0 Å². The molecule has 31 heavy (non-hydrogen) atoms. The highest BCUT2D eigenvalue weighted by Crippen LogP contribution is 2.25. The first-order valence-corrected chi connectivity index (χ1v) is 11.5. The van der Waals surface area contributed by atoms with Gasteiger partial charge in [0.1, 0.15) is 6.61 Å². The summed E-state index contributed by atoms with van der Waals surface area (Å²) in [7, 11) is -3.78. The maximum atomic E-state index is 12.7. The molecule has 3 rings (SSSR count). The van der Waals surface area contributed by atoms with E-state index in [1.54, 1.807) is 38.1 Å². The molecule has 1 heterocycles. The zero-order valence-corrected chi connectivity index (χ0v) is 18.6. The second kappa shape index (κ2) is 9.17. The molecule has 0 radical (unpaired) electrons. The lowest BCUT2D eigenvalue weighted by molar-refractivity contribution is 0.0420. The molecule has 2 aromatic rings. The first-order chi connectivity index (χ1) is 14.7. The Bertz CT molecular complexity index is 1110. The number of imide groups is 1. The molecule has 1 aliphatic heterocycles. The molecule has 0 fully saturated rings. The van der Waals surface area contributed by atoms with Crippen molar-refractivity contribution in [3.05, 3.63) is 64.2 Å². The van der Waals surface area contributed by atoms with Crippen molar-refractivity contribution in [1.82, 2.24) is 9.21 Å². The zero-order chi connectivity index (χ0) is 22.8. The number of sulfonamides is 1. The Labute approximate surface area is 185 Å². The standard InChI is InChI=1S/C21H21ClN2O6S/c1-3-23(4-2)31(28,29)14-9-10-18(22)17(13-14)21(27)30-12-11-24-19(25)15-7-5-6-8-16(15)20(24)26/h5-10,13H,3-4,11-12H2,1-2H3. The van der Waals surface area contributed by atoms with E-state index in [0.717, 1.165) is 4.90 Å². The lowest BCUT2D eigenvalue weighted by Gasteiger charge is -2.19. The fraction of sp³-hybridized carbons (Fsp3) is 0.286. The monoisotopic (exact) mass is 464 g/mol. The van der Waals surface area contributed by atoms with Crippen molar-refractivity contribution >= 4 is 39.4 Å². The molecule has 8 nitrogen and oxygen atoms in total. The Hall–Kier alpha value is -2.75. The van der Waals surface area contributed by atoms with Crippen LogP contribution < -0.4 is 0 Å². The number of carbonyl (C=O) groups excluding carboxylic acids is 3. The van der Waals surface area contributed by atoms with Crippen LogP contribution in [-0.4, -0.2) is 61.6 Å². The Balaban J connectivity index is 1.71. The topological polar surface area (TPSA) is 101 Å². The molecule has 0 aromatic heterocycles. The number of halogens is 1. The lowest BCUT2D eigenvalue weighted by Crippen LogP contribution is -2.33. The SMILES string of the molecule is CCN(CC)S(=O)(=O)c1ccc(Cl)c(C(=O)OCCN2C(=O)c3ccccc3C2=O)c1. The highest BCUT2D eigenvalue weighted by Gasteiger charge is 2.35. The van der Waals surface area contributed by atoms with E-state index in [9.17, 15) is 22.8 Å². The molecule has 2 aromatic carbocycles. The van der Waals surface area contributed by atoms with Crippen LogP contribution in [0.15, 0.2) is 47.4 Å². The largest absolute Gasteiger partial charge is 0.460 e. The fourth-order valence-electron chi connectivity index (χ4n) is 3.28. The van der Waals surface area contributed by atoms with Gasteiger partial charge in [0.05, 0.1) is 33.2 Å². The van der Waals surface area contributed by atoms with Gasteiger partial charge in [-0.3, -0.25) is 14.5 Å². The van der Waals surface area contributed by atoms with Gasteiger partial charge in [0.2, 0.25) is 10.0 Å². The van der Waals surface area contributed by atoms with Crippen LogP contribution in [0.25, 0.3) is 0 Å². The van der Waals surface area contributed by atoms with Crippen molar-refractivity contribution in [3.63, 3.8) is 0 Å². The molecule has 2 amide bonds. The molecule has 0 unspecified atom stereocenters. The fourth-order valence-corrected chi connectivity index (χ4v) is 4.96. The summed E-state index contributed by atoms with van der Waals surface area (Å²) in [6, 6.07) is 10.3. The Morgan fingerprint density at radius 3 is 2.16 bits per heavy atom. The predicted molar refractivity (Wildman–Crippen MR) is 114 cm³/mol. The van der Waals surface area contributed by atoms with Crippen molar-refractivity contribution in [3.8, 4) is 0 Å². The number of benzene rings is 2. The normalized spacial score (nSPS) is 13.6. The average molecular weight is 465 g/mol. The van der Waals surface area contributed by atoms with Gasteiger partial charge in [-0.2, -0.15) is 4.31 Å². The highest BCUT2D eigenvalue weighted by molar-refractivity contribution is 7.89. The molecule has 0 atom stereocenters. The van der Waals surface area contributed by atoms with Crippen LogP contribution in [0.1, 0.15) is 44.9 Å². The number of hydrogen-bond donors (Lipinski definition) is 0. The van der Waals surface area contributed by atoms with E-state index in [0.29, 0.717) is 11.1 Å². The van der Waals surface area contributed by atoms with Gasteiger partial charge in [-0.1, -0.05) is 37.6 Å². The summed E-state index contributed by atoms with van der Waals surface area (Å²) in [6.45, 7) is 3.60. The molecule has 0 bridgehead atoms. The number of amides is 2. The maximum absolute atomic E-state index is 12.7. The van der Waals surface area contributed by atoms with E-state index in [4.69, 9.17) is 16.3 Å². The minimum absolute atomic E-state index is 0.0317. The van der Waals surface area contributed by atoms with Gasteiger partial charge in [0.15, 0.2) is 0 Å². The molecule has 0 aliphatic carbocycles. The first-order valence-electron chi connectivity index (χ1n) is 9.64. The number of hydrogen-bond acceptors (Lipinski definition) is 6. The molecule has 164 valence electrons. The predicted octanol–water partition coefficient (Wildman–Crippen LogP) is 2.82. The number of ether oxygens (including phenoxy) is 1. The molecule has 0 spiro atoms. The van der Waals surface area contributed by atoms with E-state index in [1.165, 1.54) is 22.5 Å². The van der Waals surface area contributed by atoms with Gasteiger partial charge in [0.25, 0.3) is 11.8 Å². The maximum Gasteiger partial charge on any atom is 0.339 e. The van der Waals surface area contributed by atoms with Gasteiger partial charge < -0.3 is 4.74 Å². The van der Waals surface area contributed by atoms with Gasteiger partial charge >= 0.3 is 5.97 Å². The first kappa shape index (κ1) is 22.9. The minimum atomic E-state index is -3.78. The van der Waals surface area contributed by atoms with E-state index < -0.39 is 27.8 Å². The third-order valence-corrected chi connectivity index (χ3v) is 7.30. The van der Waals surface area contributed by atoms with Gasteiger partial charge in [-0.25, -0.2) is 13.2 Å². The number of carbonyl (C=O) groups is 3. The third-order valence-electron chi connectivity index (χ3n) is 4.93. The molecular weight excluding hydrogens is 444 g/mol. The smallest absolute Gasteiger partial charge is 0.339 e. The molecular formula is C21H21ClN2O6S.